The van der Waals surface area contributed by atoms with Crippen LogP contribution in [-0.2, 0) is 9.53 Å². The predicted molar refractivity (Wildman–Crippen MR) is 112 cm³/mol. The molecule has 0 saturated heterocycles. The Bertz CT molecular complexity index is 847. The zero-order chi connectivity index (χ0) is 20.8. The van der Waals surface area contributed by atoms with Gasteiger partial charge in [0, 0.05) is 10.9 Å². The zero-order valence-corrected chi connectivity index (χ0v) is 18.1. The molecule has 0 fully saturated rings. The van der Waals surface area contributed by atoms with Crippen molar-refractivity contribution in [2.45, 2.75) is 33.7 Å². The van der Waals surface area contributed by atoms with Crippen molar-refractivity contribution < 1.29 is 19.1 Å². The van der Waals surface area contributed by atoms with Crippen LogP contribution in [0.3, 0.4) is 0 Å². The van der Waals surface area contributed by atoms with Crippen LogP contribution in [0.4, 0.5) is 5.00 Å². The van der Waals surface area contributed by atoms with E-state index in [9.17, 15) is 9.59 Å². The molecule has 152 valence electrons. The number of benzene rings is 1. The molecule has 1 N–H and O–H groups in total. The van der Waals surface area contributed by atoms with Gasteiger partial charge in [-0.15, -0.1) is 11.3 Å². The molecule has 1 unspecified atom stereocenters. The van der Waals surface area contributed by atoms with Gasteiger partial charge in [-0.25, -0.2) is 4.79 Å². The van der Waals surface area contributed by atoms with E-state index >= 15 is 0 Å². The van der Waals surface area contributed by atoms with Crippen molar-refractivity contribution in [2.75, 3.05) is 32.6 Å². The van der Waals surface area contributed by atoms with Crippen LogP contribution < -0.4 is 10.1 Å². The monoisotopic (exact) mass is 404 g/mol. The molecule has 1 heterocycles. The number of aryl methyl sites for hydroxylation is 1. The quantitative estimate of drug-likeness (QED) is 0.669. The molecule has 1 aromatic heterocycles. The molecule has 6 nitrogen and oxygen atoms in total. The normalized spacial score (nSPS) is 12.0. The Labute approximate surface area is 170 Å². The van der Waals surface area contributed by atoms with Gasteiger partial charge >= 0.3 is 5.97 Å². The minimum absolute atomic E-state index is 0.0396. The Kier molecular flexibility index (Phi) is 7.60. The number of hydrogen-bond donors (Lipinski definition) is 1. The Balaban J connectivity index is 2.14. The fraction of sp³-hybridized carbons (Fsp3) is 0.429. The highest BCUT2D eigenvalue weighted by Gasteiger charge is 2.23. The van der Waals surface area contributed by atoms with E-state index in [1.807, 2.05) is 45.0 Å². The summed E-state index contributed by atoms with van der Waals surface area (Å²) in [5.41, 5.74) is 2.35. The first-order valence-electron chi connectivity index (χ1n) is 9.18. The van der Waals surface area contributed by atoms with Crippen LogP contribution in [0.5, 0.6) is 5.75 Å². The van der Waals surface area contributed by atoms with Crippen LogP contribution in [0.15, 0.2) is 24.3 Å². The molecule has 0 radical (unpaired) electrons. The van der Waals surface area contributed by atoms with E-state index in [1.54, 1.807) is 7.11 Å². The van der Waals surface area contributed by atoms with E-state index in [0.29, 0.717) is 17.1 Å². The summed E-state index contributed by atoms with van der Waals surface area (Å²) in [4.78, 5) is 27.8. The fourth-order valence-corrected chi connectivity index (χ4v) is 4.11. The number of carbonyl (C=O) groups is 2. The van der Waals surface area contributed by atoms with Crippen molar-refractivity contribution in [2.24, 2.45) is 0 Å². The number of ether oxygens (including phenoxy) is 2. The lowest BCUT2D eigenvalue weighted by Crippen LogP contribution is -2.35. The molecule has 1 amide bonds. The largest absolute Gasteiger partial charge is 0.497 e. The van der Waals surface area contributed by atoms with Crippen molar-refractivity contribution in [3.63, 3.8) is 0 Å². The molecule has 1 aromatic carbocycles. The smallest absolute Gasteiger partial charge is 0.341 e. The van der Waals surface area contributed by atoms with Crippen LogP contribution in [0.2, 0.25) is 0 Å². The lowest BCUT2D eigenvalue weighted by atomic mass is 10.1. The number of rotatable bonds is 8. The van der Waals surface area contributed by atoms with Gasteiger partial charge in [-0.05, 0) is 50.6 Å². The number of anilines is 1. The summed E-state index contributed by atoms with van der Waals surface area (Å²) in [6, 6.07) is 7.88. The highest BCUT2D eigenvalue weighted by Crippen LogP contribution is 2.33. The summed E-state index contributed by atoms with van der Waals surface area (Å²) in [7, 11) is 2.98. The lowest BCUT2D eigenvalue weighted by molar-refractivity contribution is -0.117. The Morgan fingerprint density at radius 2 is 1.96 bits per heavy atom. The summed E-state index contributed by atoms with van der Waals surface area (Å²) >= 11 is 1.39. The van der Waals surface area contributed by atoms with Gasteiger partial charge in [-0.2, -0.15) is 0 Å². The van der Waals surface area contributed by atoms with E-state index < -0.39 is 5.97 Å². The van der Waals surface area contributed by atoms with Crippen molar-refractivity contribution in [3.8, 4) is 5.75 Å². The second kappa shape index (κ2) is 9.71. The molecule has 0 aliphatic rings. The summed E-state index contributed by atoms with van der Waals surface area (Å²) in [5, 5.41) is 3.43. The third-order valence-electron chi connectivity index (χ3n) is 4.90. The van der Waals surface area contributed by atoms with Gasteiger partial charge in [-0.1, -0.05) is 19.1 Å². The minimum Gasteiger partial charge on any atom is -0.497 e. The maximum atomic E-state index is 12.7. The molecule has 1 atom stereocenters. The zero-order valence-electron chi connectivity index (χ0n) is 17.3. The van der Waals surface area contributed by atoms with Crippen molar-refractivity contribution in [1.82, 2.24) is 4.90 Å². The SMILES string of the molecule is CCN(CC(=O)Nc1sc(C)c(C)c1C(=O)OC)C(C)c1cccc(OC)c1. The average molecular weight is 405 g/mol. The summed E-state index contributed by atoms with van der Waals surface area (Å²) in [6.45, 7) is 8.78. The molecule has 7 heteroatoms. The van der Waals surface area contributed by atoms with E-state index in [1.165, 1.54) is 18.4 Å². The van der Waals surface area contributed by atoms with Gasteiger partial charge in [0.05, 0.1) is 26.3 Å². The molecular weight excluding hydrogens is 376 g/mol. The highest BCUT2D eigenvalue weighted by atomic mass is 32.1. The van der Waals surface area contributed by atoms with Crippen LogP contribution in [0, 0.1) is 13.8 Å². The van der Waals surface area contributed by atoms with Gasteiger partial charge in [0.15, 0.2) is 0 Å². The van der Waals surface area contributed by atoms with Crippen LogP contribution in [0.25, 0.3) is 0 Å². The average Bonchev–Trinajstić information content (AvgIpc) is 2.98. The summed E-state index contributed by atoms with van der Waals surface area (Å²) in [6.07, 6.45) is 0. The first kappa shape index (κ1) is 21.9. The Morgan fingerprint density at radius 3 is 2.57 bits per heavy atom. The first-order chi connectivity index (χ1) is 13.3. The number of esters is 1. The maximum absolute atomic E-state index is 12.7. The number of hydrogen-bond acceptors (Lipinski definition) is 6. The maximum Gasteiger partial charge on any atom is 0.341 e. The predicted octanol–water partition coefficient (Wildman–Crippen LogP) is 4.18. The van der Waals surface area contributed by atoms with Gasteiger partial charge < -0.3 is 14.8 Å². The number of thiophene rings is 1. The second-order valence-electron chi connectivity index (χ2n) is 6.54. The minimum atomic E-state index is -0.436. The standard InChI is InChI=1S/C21H28N2O4S/c1-7-23(14(3)16-9-8-10-17(11-16)26-5)12-18(24)22-20-19(21(25)27-6)13(2)15(4)28-20/h8-11,14H,7,12H2,1-6H3,(H,22,24). The Hall–Kier alpha value is -2.38. The topological polar surface area (TPSA) is 67.9 Å². The molecule has 0 spiro atoms. The summed E-state index contributed by atoms with van der Waals surface area (Å²) < 4.78 is 10.2. The lowest BCUT2D eigenvalue weighted by Gasteiger charge is -2.27. The van der Waals surface area contributed by atoms with E-state index in [0.717, 1.165) is 21.8 Å². The summed E-state index contributed by atoms with van der Waals surface area (Å²) in [5.74, 6) is 0.189. The number of nitrogens with zero attached hydrogens (tertiary/aromatic N) is 1. The molecular formula is C21H28N2O4S. The molecule has 0 aliphatic carbocycles. The van der Waals surface area contributed by atoms with E-state index in [2.05, 4.69) is 17.1 Å². The Morgan fingerprint density at radius 1 is 1.25 bits per heavy atom. The van der Waals surface area contributed by atoms with Crippen molar-refractivity contribution >= 4 is 28.2 Å². The van der Waals surface area contributed by atoms with E-state index in [-0.39, 0.29) is 18.5 Å². The molecule has 0 bridgehead atoms. The van der Waals surface area contributed by atoms with Crippen molar-refractivity contribution in [1.29, 1.82) is 0 Å². The number of amides is 1. The third-order valence-corrected chi connectivity index (χ3v) is 6.03. The first-order valence-corrected chi connectivity index (χ1v) is 10.00. The van der Waals surface area contributed by atoms with Crippen LogP contribution in [0.1, 0.15) is 46.3 Å². The van der Waals surface area contributed by atoms with Gasteiger partial charge in [0.25, 0.3) is 0 Å². The van der Waals surface area contributed by atoms with Gasteiger partial charge in [-0.3, -0.25) is 9.69 Å². The number of carbonyl (C=O) groups excluding carboxylic acids is 2. The molecule has 28 heavy (non-hydrogen) atoms. The van der Waals surface area contributed by atoms with E-state index in [4.69, 9.17) is 9.47 Å². The molecule has 2 aromatic rings. The molecule has 0 aliphatic heterocycles. The van der Waals surface area contributed by atoms with Crippen molar-refractivity contribution in [3.05, 3.63) is 45.8 Å². The second-order valence-corrected chi connectivity index (χ2v) is 7.77. The van der Waals surface area contributed by atoms with Gasteiger partial charge in [0.2, 0.25) is 5.91 Å². The number of methoxy groups -OCH3 is 2. The number of likely N-dealkylation sites (N-methyl/N-ethyl adjacent to an activating group) is 1. The highest BCUT2D eigenvalue weighted by molar-refractivity contribution is 7.16. The van der Waals surface area contributed by atoms with Gasteiger partial charge in [0.1, 0.15) is 10.8 Å². The van der Waals surface area contributed by atoms with Crippen LogP contribution >= 0.6 is 11.3 Å². The number of nitrogens with one attached hydrogen (secondary N) is 1. The van der Waals surface area contributed by atoms with Crippen LogP contribution in [-0.4, -0.2) is 44.1 Å². The molecule has 2 rings (SSSR count). The molecule has 0 saturated carbocycles. The fourth-order valence-electron chi connectivity index (χ4n) is 3.05. The third kappa shape index (κ3) is 4.91.